The normalized spacial score (nSPS) is 10.3. The molecule has 1 amide bonds. The number of nitrogens with zero attached hydrogens (tertiary/aromatic N) is 3. The standard InChI is InChI=1S/C18H18N6O2/c19-14-10-22-16(17(20)24-14)18(25)23-9-12-4-6-13(7-5-12)11-26-15-3-1-2-8-21-15/h1-8,10H,9,11H2,(H,23,25)(H4,19,20,24). The van der Waals surface area contributed by atoms with E-state index in [0.29, 0.717) is 19.0 Å². The van der Waals surface area contributed by atoms with Gasteiger partial charge in [0.2, 0.25) is 5.88 Å². The van der Waals surface area contributed by atoms with Gasteiger partial charge in [0, 0.05) is 18.8 Å². The van der Waals surface area contributed by atoms with Crippen LogP contribution in [0.15, 0.2) is 54.9 Å². The number of aromatic nitrogens is 3. The maximum atomic E-state index is 12.1. The zero-order valence-corrected chi connectivity index (χ0v) is 13.9. The summed E-state index contributed by atoms with van der Waals surface area (Å²) in [6.07, 6.45) is 2.97. The third kappa shape index (κ3) is 4.44. The number of ether oxygens (including phenoxy) is 1. The number of nitrogens with one attached hydrogen (secondary N) is 1. The van der Waals surface area contributed by atoms with Gasteiger partial charge in [0.1, 0.15) is 12.4 Å². The highest BCUT2D eigenvalue weighted by Gasteiger charge is 2.12. The number of nitrogens with two attached hydrogens (primary N) is 2. The van der Waals surface area contributed by atoms with E-state index in [4.69, 9.17) is 16.2 Å². The summed E-state index contributed by atoms with van der Waals surface area (Å²) in [4.78, 5) is 23.9. The monoisotopic (exact) mass is 350 g/mol. The van der Waals surface area contributed by atoms with E-state index in [1.807, 2.05) is 36.4 Å². The van der Waals surface area contributed by atoms with E-state index in [-0.39, 0.29) is 17.3 Å². The van der Waals surface area contributed by atoms with E-state index in [9.17, 15) is 4.79 Å². The molecule has 0 spiro atoms. The van der Waals surface area contributed by atoms with Crippen molar-refractivity contribution >= 4 is 17.5 Å². The molecule has 3 aromatic rings. The Hall–Kier alpha value is -3.68. The fourth-order valence-electron chi connectivity index (χ4n) is 2.20. The van der Waals surface area contributed by atoms with E-state index >= 15 is 0 Å². The van der Waals surface area contributed by atoms with Crippen LogP contribution in [-0.4, -0.2) is 20.9 Å². The van der Waals surface area contributed by atoms with Gasteiger partial charge in [-0.25, -0.2) is 15.0 Å². The topological polar surface area (TPSA) is 129 Å². The van der Waals surface area contributed by atoms with Gasteiger partial charge in [-0.05, 0) is 17.2 Å². The number of nitrogen functional groups attached to an aromatic ring is 2. The summed E-state index contributed by atoms with van der Waals surface area (Å²) in [5.41, 5.74) is 13.1. The number of benzene rings is 1. The Morgan fingerprint density at radius 2 is 1.81 bits per heavy atom. The zero-order valence-electron chi connectivity index (χ0n) is 13.9. The Kier molecular flexibility index (Phi) is 5.23. The molecule has 0 aliphatic carbocycles. The second-order valence-electron chi connectivity index (χ2n) is 5.48. The van der Waals surface area contributed by atoms with Crippen LogP contribution in [0.25, 0.3) is 0 Å². The largest absolute Gasteiger partial charge is 0.473 e. The molecule has 8 nitrogen and oxygen atoms in total. The van der Waals surface area contributed by atoms with Gasteiger partial charge in [-0.1, -0.05) is 30.3 Å². The third-order valence-electron chi connectivity index (χ3n) is 3.53. The lowest BCUT2D eigenvalue weighted by molar-refractivity contribution is 0.0946. The Morgan fingerprint density at radius 3 is 2.50 bits per heavy atom. The molecule has 0 unspecified atom stereocenters. The minimum Gasteiger partial charge on any atom is -0.473 e. The highest BCUT2D eigenvalue weighted by Crippen LogP contribution is 2.11. The number of hydrogen-bond acceptors (Lipinski definition) is 7. The maximum absolute atomic E-state index is 12.1. The van der Waals surface area contributed by atoms with Crippen molar-refractivity contribution in [2.45, 2.75) is 13.2 Å². The van der Waals surface area contributed by atoms with Crippen LogP contribution in [0.2, 0.25) is 0 Å². The zero-order chi connectivity index (χ0) is 18.4. The number of pyridine rings is 1. The summed E-state index contributed by atoms with van der Waals surface area (Å²) in [5.74, 6) is 0.343. The van der Waals surface area contributed by atoms with Crippen LogP contribution >= 0.6 is 0 Å². The molecule has 2 aromatic heterocycles. The highest BCUT2D eigenvalue weighted by molar-refractivity contribution is 5.96. The van der Waals surface area contributed by atoms with Gasteiger partial charge in [-0.3, -0.25) is 4.79 Å². The van der Waals surface area contributed by atoms with Crippen molar-refractivity contribution in [2.75, 3.05) is 11.5 Å². The molecule has 0 saturated heterocycles. The summed E-state index contributed by atoms with van der Waals surface area (Å²) >= 11 is 0. The van der Waals surface area contributed by atoms with Gasteiger partial charge in [-0.2, -0.15) is 0 Å². The quantitative estimate of drug-likeness (QED) is 0.615. The first-order valence-electron chi connectivity index (χ1n) is 7.89. The predicted molar refractivity (Wildman–Crippen MR) is 97.0 cm³/mol. The van der Waals surface area contributed by atoms with E-state index in [1.54, 1.807) is 12.3 Å². The van der Waals surface area contributed by atoms with E-state index in [1.165, 1.54) is 6.20 Å². The van der Waals surface area contributed by atoms with E-state index in [2.05, 4.69) is 20.3 Å². The van der Waals surface area contributed by atoms with Crippen LogP contribution in [0.1, 0.15) is 21.6 Å². The molecular weight excluding hydrogens is 332 g/mol. The molecule has 0 radical (unpaired) electrons. The van der Waals surface area contributed by atoms with Gasteiger partial charge < -0.3 is 21.5 Å². The average Bonchev–Trinajstić information content (AvgIpc) is 2.66. The maximum Gasteiger partial charge on any atom is 0.273 e. The van der Waals surface area contributed by atoms with Crippen molar-refractivity contribution in [3.05, 3.63) is 71.7 Å². The minimum atomic E-state index is -0.405. The van der Waals surface area contributed by atoms with Crippen molar-refractivity contribution in [3.8, 4) is 5.88 Å². The van der Waals surface area contributed by atoms with E-state index in [0.717, 1.165) is 11.1 Å². The Morgan fingerprint density at radius 1 is 1.04 bits per heavy atom. The van der Waals surface area contributed by atoms with Gasteiger partial charge in [0.25, 0.3) is 5.91 Å². The van der Waals surface area contributed by atoms with Gasteiger partial charge in [-0.15, -0.1) is 0 Å². The molecule has 0 fully saturated rings. The van der Waals surface area contributed by atoms with Crippen molar-refractivity contribution in [2.24, 2.45) is 0 Å². The number of amides is 1. The van der Waals surface area contributed by atoms with Crippen molar-refractivity contribution in [1.29, 1.82) is 0 Å². The first kappa shape index (κ1) is 17.2. The summed E-state index contributed by atoms with van der Waals surface area (Å²) in [5, 5.41) is 2.75. The van der Waals surface area contributed by atoms with Crippen LogP contribution in [0.5, 0.6) is 5.88 Å². The van der Waals surface area contributed by atoms with Gasteiger partial charge in [0.05, 0.1) is 6.20 Å². The molecule has 26 heavy (non-hydrogen) atoms. The molecule has 0 aliphatic heterocycles. The fourth-order valence-corrected chi connectivity index (χ4v) is 2.20. The third-order valence-corrected chi connectivity index (χ3v) is 3.53. The van der Waals surface area contributed by atoms with Crippen LogP contribution in [0.4, 0.5) is 11.6 Å². The SMILES string of the molecule is Nc1cnc(C(=O)NCc2ccc(COc3ccccn3)cc2)c(N)n1. The minimum absolute atomic E-state index is 0.00418. The number of carbonyl (C=O) groups is 1. The molecular formula is C18H18N6O2. The second-order valence-corrected chi connectivity index (χ2v) is 5.48. The summed E-state index contributed by atoms with van der Waals surface area (Å²) < 4.78 is 5.59. The molecule has 0 bridgehead atoms. The average molecular weight is 350 g/mol. The second kappa shape index (κ2) is 7.93. The van der Waals surface area contributed by atoms with Gasteiger partial charge >= 0.3 is 0 Å². The smallest absolute Gasteiger partial charge is 0.273 e. The summed E-state index contributed by atoms with van der Waals surface area (Å²) in [6, 6.07) is 13.2. The Labute approximate surface area is 150 Å². The van der Waals surface area contributed by atoms with Crippen molar-refractivity contribution in [3.63, 3.8) is 0 Å². The predicted octanol–water partition coefficient (Wildman–Crippen LogP) is 1.54. The first-order valence-corrected chi connectivity index (χ1v) is 7.89. The number of hydrogen-bond donors (Lipinski definition) is 3. The highest BCUT2D eigenvalue weighted by atomic mass is 16.5. The number of carbonyl (C=O) groups excluding carboxylic acids is 1. The van der Waals surface area contributed by atoms with Crippen LogP contribution in [-0.2, 0) is 13.2 Å². The lowest BCUT2D eigenvalue weighted by Crippen LogP contribution is -2.25. The molecule has 2 heterocycles. The fraction of sp³-hybridized carbons (Fsp3) is 0.111. The van der Waals surface area contributed by atoms with Crippen molar-refractivity contribution < 1.29 is 9.53 Å². The summed E-state index contributed by atoms with van der Waals surface area (Å²) in [7, 11) is 0. The molecule has 5 N–H and O–H groups in total. The van der Waals surface area contributed by atoms with Crippen LogP contribution in [0, 0.1) is 0 Å². The Balaban J connectivity index is 1.53. The van der Waals surface area contributed by atoms with Crippen LogP contribution < -0.4 is 21.5 Å². The molecule has 0 saturated carbocycles. The molecule has 3 rings (SSSR count). The summed E-state index contributed by atoms with van der Waals surface area (Å²) in [6.45, 7) is 0.757. The molecule has 0 aliphatic rings. The lowest BCUT2D eigenvalue weighted by atomic mass is 10.1. The van der Waals surface area contributed by atoms with Crippen LogP contribution in [0.3, 0.4) is 0 Å². The number of rotatable bonds is 6. The molecule has 0 atom stereocenters. The van der Waals surface area contributed by atoms with E-state index < -0.39 is 5.91 Å². The molecule has 8 heteroatoms. The molecule has 1 aromatic carbocycles. The lowest BCUT2D eigenvalue weighted by Gasteiger charge is -2.08. The Bertz CT molecular complexity index is 884. The first-order chi connectivity index (χ1) is 12.6. The van der Waals surface area contributed by atoms with Crippen molar-refractivity contribution in [1.82, 2.24) is 20.3 Å². The molecule has 132 valence electrons. The van der Waals surface area contributed by atoms with Gasteiger partial charge in [0.15, 0.2) is 11.5 Å². The number of anilines is 2.